The van der Waals surface area contributed by atoms with Crippen LogP contribution in [0.4, 0.5) is 0 Å². The highest BCUT2D eigenvalue weighted by molar-refractivity contribution is 5.56. The average Bonchev–Trinajstić information content (AvgIpc) is 3.35. The van der Waals surface area contributed by atoms with Crippen molar-refractivity contribution in [3.05, 3.63) is 316 Å². The highest BCUT2D eigenvalue weighted by atomic mass is 14.3. The molecule has 0 atom stereocenters. The molecule has 350 valence electrons. The van der Waals surface area contributed by atoms with Gasteiger partial charge in [-0.15, -0.1) is 0 Å². The van der Waals surface area contributed by atoms with Gasteiger partial charge in [0.05, 0.1) is 0 Å². The molecule has 0 aliphatic carbocycles. The van der Waals surface area contributed by atoms with Crippen LogP contribution in [0.15, 0.2) is 182 Å². The Balaban J connectivity index is 1.31. The SMILES string of the molecule is Cc1ccc(Cc2cc(C(c3cc(Cc4ccc(C)cc4)c(C)c(Cc4ccc(C)cc4)c3)c3cc(Cc4ccc(C)cc4)c(C)c(Cc4ccc(C)cc4)c3)cc(Cc3ccc(C)cc3)c2C)cc1. The Labute approximate surface area is 420 Å². The van der Waals surface area contributed by atoms with E-state index in [0.29, 0.717) is 0 Å². The van der Waals surface area contributed by atoms with Crippen LogP contribution in [0.1, 0.15) is 139 Å². The zero-order valence-electron chi connectivity index (χ0n) is 43.1. The summed E-state index contributed by atoms with van der Waals surface area (Å²) < 4.78 is 0. The van der Waals surface area contributed by atoms with Crippen LogP contribution in [0, 0.1) is 62.3 Å². The summed E-state index contributed by atoms with van der Waals surface area (Å²) in [6.45, 7) is 20.2. The van der Waals surface area contributed by atoms with Gasteiger partial charge in [0.15, 0.2) is 0 Å². The molecule has 0 aromatic heterocycles. The number of rotatable bonds is 15. The van der Waals surface area contributed by atoms with E-state index in [9.17, 15) is 0 Å². The van der Waals surface area contributed by atoms with Gasteiger partial charge in [-0.3, -0.25) is 0 Å². The molecule has 0 aliphatic rings. The molecule has 0 saturated carbocycles. The first-order valence-corrected chi connectivity index (χ1v) is 25.5. The predicted molar refractivity (Wildman–Crippen MR) is 298 cm³/mol. The molecule has 0 unspecified atom stereocenters. The topological polar surface area (TPSA) is 0 Å². The number of hydrogen-bond donors (Lipinski definition) is 0. The van der Waals surface area contributed by atoms with E-state index in [4.69, 9.17) is 0 Å². The van der Waals surface area contributed by atoms with E-state index < -0.39 is 0 Å². The summed E-state index contributed by atoms with van der Waals surface area (Å²) in [6, 6.07) is 70.5. The molecule has 0 N–H and O–H groups in total. The first-order valence-electron chi connectivity index (χ1n) is 25.5. The van der Waals surface area contributed by atoms with E-state index >= 15 is 0 Å². The maximum absolute atomic E-state index is 2.58. The minimum absolute atomic E-state index is 0.0302. The van der Waals surface area contributed by atoms with Crippen molar-refractivity contribution in [1.82, 2.24) is 0 Å². The van der Waals surface area contributed by atoms with E-state index in [1.54, 1.807) is 0 Å². The largest absolute Gasteiger partial charge is 0.0590 e. The van der Waals surface area contributed by atoms with Crippen LogP contribution < -0.4 is 0 Å². The fraction of sp³-hybridized carbons (Fsp3) is 0.229. The molecular formula is C70H70. The van der Waals surface area contributed by atoms with Gasteiger partial charge in [-0.05, 0) is 201 Å². The van der Waals surface area contributed by atoms with Gasteiger partial charge in [-0.2, -0.15) is 0 Å². The van der Waals surface area contributed by atoms with Crippen molar-refractivity contribution >= 4 is 0 Å². The normalized spacial score (nSPS) is 11.4. The van der Waals surface area contributed by atoms with Gasteiger partial charge >= 0.3 is 0 Å². The highest BCUT2D eigenvalue weighted by Crippen LogP contribution is 2.40. The van der Waals surface area contributed by atoms with Crippen LogP contribution in [-0.2, 0) is 38.5 Å². The highest BCUT2D eigenvalue weighted by Gasteiger charge is 2.25. The van der Waals surface area contributed by atoms with Crippen LogP contribution >= 0.6 is 0 Å². The molecular weight excluding hydrogens is 841 g/mol. The molecule has 70 heavy (non-hydrogen) atoms. The van der Waals surface area contributed by atoms with E-state index in [-0.39, 0.29) is 5.92 Å². The summed E-state index contributed by atoms with van der Waals surface area (Å²) in [4.78, 5) is 0. The third-order valence-electron chi connectivity index (χ3n) is 15.0. The van der Waals surface area contributed by atoms with E-state index in [0.717, 1.165) is 38.5 Å². The third-order valence-corrected chi connectivity index (χ3v) is 15.0. The Kier molecular flexibility index (Phi) is 14.6. The van der Waals surface area contributed by atoms with Crippen LogP contribution in [0.25, 0.3) is 0 Å². The van der Waals surface area contributed by atoms with Gasteiger partial charge in [0, 0.05) is 5.92 Å². The zero-order chi connectivity index (χ0) is 48.9. The zero-order valence-corrected chi connectivity index (χ0v) is 43.1. The number of aryl methyl sites for hydroxylation is 6. The van der Waals surface area contributed by atoms with Crippen LogP contribution in [0.2, 0.25) is 0 Å². The summed E-state index contributed by atoms with van der Waals surface area (Å²) in [6.07, 6.45) is 5.27. The van der Waals surface area contributed by atoms with Crippen molar-refractivity contribution in [2.75, 3.05) is 0 Å². The van der Waals surface area contributed by atoms with Crippen LogP contribution in [-0.4, -0.2) is 0 Å². The lowest BCUT2D eigenvalue weighted by Crippen LogP contribution is -2.12. The molecule has 9 rings (SSSR count). The molecule has 0 nitrogen and oxygen atoms in total. The molecule has 0 spiro atoms. The van der Waals surface area contributed by atoms with Crippen molar-refractivity contribution in [3.8, 4) is 0 Å². The second-order valence-corrected chi connectivity index (χ2v) is 20.8. The smallest absolute Gasteiger partial charge is 0.0340 e. The minimum Gasteiger partial charge on any atom is -0.0590 e. The lowest BCUT2D eigenvalue weighted by Gasteiger charge is -2.27. The molecule has 0 bridgehead atoms. The molecule has 0 aliphatic heterocycles. The molecule has 0 amide bonds. The average molecular weight is 911 g/mol. The molecule has 9 aromatic carbocycles. The van der Waals surface area contributed by atoms with Crippen molar-refractivity contribution in [2.24, 2.45) is 0 Å². The Bertz CT molecular complexity index is 2660. The first kappa shape index (κ1) is 48.0. The summed E-state index contributed by atoms with van der Waals surface area (Å²) in [5.41, 5.74) is 32.4. The van der Waals surface area contributed by atoms with Gasteiger partial charge in [0.25, 0.3) is 0 Å². The van der Waals surface area contributed by atoms with Crippen molar-refractivity contribution in [2.45, 2.75) is 107 Å². The summed E-state index contributed by atoms with van der Waals surface area (Å²) in [5.74, 6) is -0.0302. The lowest BCUT2D eigenvalue weighted by atomic mass is 9.77. The van der Waals surface area contributed by atoms with E-state index in [2.05, 4.69) is 244 Å². The van der Waals surface area contributed by atoms with Gasteiger partial charge in [-0.1, -0.05) is 215 Å². The van der Waals surface area contributed by atoms with Crippen LogP contribution in [0.5, 0.6) is 0 Å². The van der Waals surface area contributed by atoms with Crippen molar-refractivity contribution in [1.29, 1.82) is 0 Å². The molecule has 0 fully saturated rings. The van der Waals surface area contributed by atoms with Crippen LogP contribution in [0.3, 0.4) is 0 Å². The van der Waals surface area contributed by atoms with Gasteiger partial charge in [0.1, 0.15) is 0 Å². The van der Waals surface area contributed by atoms with E-state index in [1.165, 1.54) is 134 Å². The number of benzene rings is 9. The summed E-state index contributed by atoms with van der Waals surface area (Å²) in [5, 5.41) is 0. The quantitative estimate of drug-likeness (QED) is 0.0899. The molecule has 0 saturated heterocycles. The minimum atomic E-state index is -0.0302. The van der Waals surface area contributed by atoms with Crippen molar-refractivity contribution in [3.63, 3.8) is 0 Å². The fourth-order valence-electron chi connectivity index (χ4n) is 10.3. The Morgan fingerprint density at radius 1 is 0.214 bits per heavy atom. The second kappa shape index (κ2) is 21.3. The maximum atomic E-state index is 2.58. The lowest BCUT2D eigenvalue weighted by molar-refractivity contribution is 0.925. The molecule has 0 heteroatoms. The fourth-order valence-corrected chi connectivity index (χ4v) is 10.3. The Morgan fingerprint density at radius 3 is 0.500 bits per heavy atom. The van der Waals surface area contributed by atoms with E-state index in [1.807, 2.05) is 0 Å². The molecule has 0 heterocycles. The summed E-state index contributed by atoms with van der Waals surface area (Å²) in [7, 11) is 0. The van der Waals surface area contributed by atoms with Gasteiger partial charge < -0.3 is 0 Å². The standard InChI is InChI=1S/C70H70/c1-46-10-22-55(23-11-46)34-61-40-67(41-62(52(61)7)35-56-24-12-47(2)13-25-56)70(68-42-63(36-57-26-14-48(3)15-27-57)53(8)64(43-68)37-58-28-16-49(4)17-29-58)69-44-65(38-59-30-18-50(5)19-31-59)54(9)66(45-69)39-60-32-20-51(6)21-33-60/h10-33,40-45,70H,34-39H2,1-9H3. The number of hydrogen-bond acceptors (Lipinski definition) is 0. The maximum Gasteiger partial charge on any atom is 0.0340 e. The molecule has 0 radical (unpaired) electrons. The molecule has 9 aromatic rings. The summed E-state index contributed by atoms with van der Waals surface area (Å²) >= 11 is 0. The Hall–Kier alpha value is -7.02. The third kappa shape index (κ3) is 11.7. The monoisotopic (exact) mass is 911 g/mol. The first-order chi connectivity index (χ1) is 33.8. The van der Waals surface area contributed by atoms with Gasteiger partial charge in [0.2, 0.25) is 0 Å². The van der Waals surface area contributed by atoms with Crippen molar-refractivity contribution < 1.29 is 0 Å². The second-order valence-electron chi connectivity index (χ2n) is 20.8. The van der Waals surface area contributed by atoms with Gasteiger partial charge in [-0.25, -0.2) is 0 Å². The predicted octanol–water partition coefficient (Wildman–Crippen LogP) is 17.2. The Morgan fingerprint density at radius 2 is 0.357 bits per heavy atom.